The first-order valence-electron chi connectivity index (χ1n) is 9.03. The van der Waals surface area contributed by atoms with Gasteiger partial charge in [0, 0.05) is 12.1 Å². The molecule has 6 heteroatoms. The van der Waals surface area contributed by atoms with E-state index in [2.05, 4.69) is 15.6 Å². The van der Waals surface area contributed by atoms with Crippen LogP contribution in [0.4, 0.5) is 0 Å². The van der Waals surface area contributed by atoms with Crippen LogP contribution in [0.15, 0.2) is 24.5 Å². The maximum atomic E-state index is 12.9. The number of rotatable bonds is 4. The topological polar surface area (TPSA) is 67.7 Å². The summed E-state index contributed by atoms with van der Waals surface area (Å²) in [6.07, 6.45) is 5.75. The Labute approximate surface area is 148 Å². The summed E-state index contributed by atoms with van der Waals surface area (Å²) >= 11 is 0. The maximum Gasteiger partial charge on any atom is 0.223 e. The summed E-state index contributed by atoms with van der Waals surface area (Å²) in [5, 5.41) is 6.66. The second kappa shape index (κ2) is 6.02. The van der Waals surface area contributed by atoms with Crippen molar-refractivity contribution in [1.82, 2.24) is 20.0 Å². The molecule has 2 N–H and O–H groups in total. The van der Waals surface area contributed by atoms with Crippen LogP contribution in [0.1, 0.15) is 32.5 Å². The predicted octanol–water partition coefficient (Wildman–Crippen LogP) is 1.94. The molecule has 2 fully saturated rings. The molecule has 2 aromatic rings. The van der Waals surface area contributed by atoms with Crippen molar-refractivity contribution >= 4 is 11.4 Å². The Morgan fingerprint density at radius 3 is 2.76 bits per heavy atom. The third kappa shape index (κ3) is 2.78. The van der Waals surface area contributed by atoms with Gasteiger partial charge in [0.1, 0.15) is 17.1 Å². The van der Waals surface area contributed by atoms with E-state index >= 15 is 0 Å². The van der Waals surface area contributed by atoms with Gasteiger partial charge in [-0.05, 0) is 63.7 Å². The monoisotopic (exact) mass is 342 g/mol. The van der Waals surface area contributed by atoms with Crippen LogP contribution in [-0.2, 0) is 10.3 Å². The van der Waals surface area contributed by atoms with Gasteiger partial charge in [-0.3, -0.25) is 9.20 Å². The number of nitrogens with zero attached hydrogens (tertiary/aromatic N) is 2. The molecular weight excluding hydrogens is 316 g/mol. The zero-order chi connectivity index (χ0) is 17.6. The van der Waals surface area contributed by atoms with Gasteiger partial charge in [-0.25, -0.2) is 4.98 Å². The van der Waals surface area contributed by atoms with Gasteiger partial charge in [-0.1, -0.05) is 0 Å². The Morgan fingerprint density at radius 1 is 1.36 bits per heavy atom. The van der Waals surface area contributed by atoms with E-state index < -0.39 is 5.54 Å². The largest absolute Gasteiger partial charge is 0.494 e. The highest BCUT2D eigenvalue weighted by atomic mass is 16.5. The normalized spacial score (nSPS) is 26.0. The first-order valence-corrected chi connectivity index (χ1v) is 9.03. The number of methoxy groups -OCH3 is 1. The Kier molecular flexibility index (Phi) is 3.95. The second-order valence-corrected chi connectivity index (χ2v) is 7.87. The van der Waals surface area contributed by atoms with Gasteiger partial charge in [0.2, 0.25) is 5.91 Å². The van der Waals surface area contributed by atoms with Gasteiger partial charge in [-0.15, -0.1) is 0 Å². The molecule has 1 saturated heterocycles. The molecule has 4 rings (SSSR count). The summed E-state index contributed by atoms with van der Waals surface area (Å²) in [7, 11) is 1.65. The second-order valence-electron chi connectivity index (χ2n) is 7.87. The highest BCUT2D eigenvalue weighted by Crippen LogP contribution is 2.39. The van der Waals surface area contributed by atoms with E-state index in [1.165, 1.54) is 0 Å². The van der Waals surface area contributed by atoms with Crippen molar-refractivity contribution in [3.63, 3.8) is 0 Å². The Bertz CT molecular complexity index is 786. The quantitative estimate of drug-likeness (QED) is 0.891. The lowest BCUT2D eigenvalue weighted by Gasteiger charge is -2.27. The molecule has 1 amide bonds. The summed E-state index contributed by atoms with van der Waals surface area (Å²) in [4.78, 5) is 17.4. The SMILES string of the molecule is COc1cccn2c(C(C)(C)NC(=O)C3CC4CNC[C@H]4C3)ncc12. The molecule has 1 saturated carbocycles. The molecule has 2 unspecified atom stereocenters. The van der Waals surface area contributed by atoms with Gasteiger partial charge in [0.15, 0.2) is 0 Å². The van der Waals surface area contributed by atoms with Crippen molar-refractivity contribution in [3.8, 4) is 5.75 Å². The van der Waals surface area contributed by atoms with Crippen molar-refractivity contribution in [3.05, 3.63) is 30.4 Å². The van der Waals surface area contributed by atoms with Gasteiger partial charge in [0.05, 0.1) is 18.8 Å². The third-order valence-electron chi connectivity index (χ3n) is 5.77. The first kappa shape index (κ1) is 16.4. The minimum Gasteiger partial charge on any atom is -0.494 e. The molecule has 3 atom stereocenters. The summed E-state index contributed by atoms with van der Waals surface area (Å²) < 4.78 is 7.40. The van der Waals surface area contributed by atoms with Crippen LogP contribution in [0.25, 0.3) is 5.52 Å². The zero-order valence-electron chi connectivity index (χ0n) is 15.1. The van der Waals surface area contributed by atoms with Crippen LogP contribution >= 0.6 is 0 Å². The molecular formula is C19H26N4O2. The van der Waals surface area contributed by atoms with Gasteiger partial charge < -0.3 is 15.4 Å². The smallest absolute Gasteiger partial charge is 0.223 e. The molecule has 0 aromatic carbocycles. The number of hydrogen-bond donors (Lipinski definition) is 2. The van der Waals surface area contributed by atoms with Crippen LogP contribution in [0, 0.1) is 17.8 Å². The van der Waals surface area contributed by atoms with Crippen molar-refractivity contribution in [2.45, 2.75) is 32.2 Å². The lowest BCUT2D eigenvalue weighted by molar-refractivity contribution is -0.126. The Balaban J connectivity index is 1.55. The number of imidazole rings is 1. The van der Waals surface area contributed by atoms with Crippen LogP contribution in [0.5, 0.6) is 5.75 Å². The average molecular weight is 342 g/mol. The lowest BCUT2D eigenvalue weighted by atomic mass is 9.99. The van der Waals surface area contributed by atoms with Crippen LogP contribution in [-0.4, -0.2) is 35.5 Å². The number of carbonyl (C=O) groups is 1. The highest BCUT2D eigenvalue weighted by molar-refractivity contribution is 5.80. The molecule has 25 heavy (non-hydrogen) atoms. The van der Waals surface area contributed by atoms with Crippen molar-refractivity contribution < 1.29 is 9.53 Å². The number of ether oxygens (including phenoxy) is 1. The molecule has 2 aliphatic rings. The molecule has 0 bridgehead atoms. The molecule has 6 nitrogen and oxygen atoms in total. The van der Waals surface area contributed by atoms with Crippen LogP contribution < -0.4 is 15.4 Å². The highest BCUT2D eigenvalue weighted by Gasteiger charge is 2.41. The maximum absolute atomic E-state index is 12.9. The fourth-order valence-corrected chi connectivity index (χ4v) is 4.48. The first-order chi connectivity index (χ1) is 12.0. The van der Waals surface area contributed by atoms with Crippen molar-refractivity contribution in [1.29, 1.82) is 0 Å². The molecule has 0 spiro atoms. The van der Waals surface area contributed by atoms with E-state index in [1.807, 2.05) is 36.6 Å². The number of pyridine rings is 1. The van der Waals surface area contributed by atoms with E-state index in [0.29, 0.717) is 11.8 Å². The minimum atomic E-state index is -0.550. The zero-order valence-corrected chi connectivity index (χ0v) is 15.1. The minimum absolute atomic E-state index is 0.122. The Morgan fingerprint density at radius 2 is 2.08 bits per heavy atom. The van der Waals surface area contributed by atoms with E-state index in [0.717, 1.165) is 43.0 Å². The fraction of sp³-hybridized carbons (Fsp3) is 0.579. The van der Waals surface area contributed by atoms with E-state index in [1.54, 1.807) is 13.3 Å². The molecule has 0 radical (unpaired) electrons. The number of amides is 1. The van der Waals surface area contributed by atoms with E-state index in [-0.39, 0.29) is 11.8 Å². The Hall–Kier alpha value is -2.08. The van der Waals surface area contributed by atoms with Gasteiger partial charge in [0.25, 0.3) is 0 Å². The van der Waals surface area contributed by atoms with Gasteiger partial charge >= 0.3 is 0 Å². The number of fused-ring (bicyclic) bond motifs is 2. The molecule has 1 aliphatic carbocycles. The average Bonchev–Trinajstić information content (AvgIpc) is 3.27. The molecule has 134 valence electrons. The predicted molar refractivity (Wildman–Crippen MR) is 95.5 cm³/mol. The number of nitrogens with one attached hydrogen (secondary N) is 2. The fourth-order valence-electron chi connectivity index (χ4n) is 4.48. The molecule has 2 aromatic heterocycles. The van der Waals surface area contributed by atoms with Crippen molar-refractivity contribution in [2.75, 3.05) is 20.2 Å². The van der Waals surface area contributed by atoms with Crippen LogP contribution in [0.3, 0.4) is 0 Å². The lowest BCUT2D eigenvalue weighted by Crippen LogP contribution is -2.45. The van der Waals surface area contributed by atoms with Crippen molar-refractivity contribution in [2.24, 2.45) is 17.8 Å². The standard InChI is InChI=1S/C19H26N4O2/c1-19(2,18-21-11-15-16(25-3)5-4-6-23(15)18)22-17(24)12-7-13-9-20-10-14(13)8-12/h4-6,11-14,20H,7-10H2,1-3H3,(H,22,24)/t12?,13-,14?/m1/s1. The molecule has 1 aliphatic heterocycles. The summed E-state index contributed by atoms with van der Waals surface area (Å²) in [5.74, 6) is 3.19. The summed E-state index contributed by atoms with van der Waals surface area (Å²) in [5.41, 5.74) is 0.357. The third-order valence-corrected chi connectivity index (χ3v) is 5.77. The van der Waals surface area contributed by atoms with E-state index in [4.69, 9.17) is 4.74 Å². The number of aromatic nitrogens is 2. The van der Waals surface area contributed by atoms with Crippen LogP contribution in [0.2, 0.25) is 0 Å². The summed E-state index contributed by atoms with van der Waals surface area (Å²) in [6, 6.07) is 3.85. The number of hydrogen-bond acceptors (Lipinski definition) is 4. The van der Waals surface area contributed by atoms with E-state index in [9.17, 15) is 4.79 Å². The summed E-state index contributed by atoms with van der Waals surface area (Å²) in [6.45, 7) is 6.14. The molecule has 3 heterocycles. The number of carbonyl (C=O) groups excluding carboxylic acids is 1. The van der Waals surface area contributed by atoms with Gasteiger partial charge in [-0.2, -0.15) is 0 Å².